The quantitative estimate of drug-likeness (QED) is 0.313. The van der Waals surface area contributed by atoms with E-state index in [0.29, 0.717) is 29.2 Å². The minimum absolute atomic E-state index is 0.0735. The lowest BCUT2D eigenvalue weighted by Crippen LogP contribution is -2.38. The Kier molecular flexibility index (Phi) is 7.83. The molecule has 0 bridgehead atoms. The van der Waals surface area contributed by atoms with Crippen molar-refractivity contribution in [2.75, 3.05) is 37.0 Å². The number of hydrogen-bond acceptors (Lipinski definition) is 6. The second-order valence-electron chi connectivity index (χ2n) is 8.03. The maximum atomic E-state index is 14.2. The SMILES string of the molecule is CCOc1ccc(NC(=O)CN(c2cc(OC)ccc2OC)S(=O)(=O)c2cccc3ccccc23)cc1. The van der Waals surface area contributed by atoms with Crippen LogP contribution in [0.3, 0.4) is 0 Å². The zero-order valence-electron chi connectivity index (χ0n) is 20.8. The van der Waals surface area contributed by atoms with Crippen LogP contribution >= 0.6 is 0 Å². The number of rotatable bonds is 10. The molecule has 9 heteroatoms. The third kappa shape index (κ3) is 5.62. The lowest BCUT2D eigenvalue weighted by Gasteiger charge is -2.26. The number of ether oxygens (including phenoxy) is 3. The fourth-order valence-corrected chi connectivity index (χ4v) is 5.60. The molecule has 0 saturated carbocycles. The first-order valence-corrected chi connectivity index (χ1v) is 13.1. The number of fused-ring (bicyclic) bond motifs is 1. The van der Waals surface area contributed by atoms with Crippen molar-refractivity contribution in [2.24, 2.45) is 0 Å². The number of hydrogen-bond donors (Lipinski definition) is 1. The largest absolute Gasteiger partial charge is 0.497 e. The van der Waals surface area contributed by atoms with Crippen LogP contribution < -0.4 is 23.8 Å². The Morgan fingerprint density at radius 2 is 1.57 bits per heavy atom. The normalized spacial score (nSPS) is 11.1. The second-order valence-corrected chi connectivity index (χ2v) is 9.86. The Morgan fingerprint density at radius 3 is 2.27 bits per heavy atom. The van der Waals surface area contributed by atoms with Gasteiger partial charge in [0.2, 0.25) is 5.91 Å². The van der Waals surface area contributed by atoms with E-state index in [2.05, 4.69) is 5.32 Å². The number of carbonyl (C=O) groups excluding carboxylic acids is 1. The number of nitrogens with one attached hydrogen (secondary N) is 1. The Labute approximate surface area is 216 Å². The molecule has 192 valence electrons. The number of anilines is 2. The van der Waals surface area contributed by atoms with E-state index in [1.807, 2.05) is 25.1 Å². The summed E-state index contributed by atoms with van der Waals surface area (Å²) in [5.74, 6) is 0.832. The van der Waals surface area contributed by atoms with Crippen LogP contribution in [0.25, 0.3) is 10.8 Å². The highest BCUT2D eigenvalue weighted by atomic mass is 32.2. The maximum Gasteiger partial charge on any atom is 0.265 e. The molecule has 0 heterocycles. The third-order valence-corrected chi connectivity index (χ3v) is 7.53. The Bertz CT molecular complexity index is 1500. The van der Waals surface area contributed by atoms with Crippen LogP contribution in [0.4, 0.5) is 11.4 Å². The zero-order valence-corrected chi connectivity index (χ0v) is 21.6. The Balaban J connectivity index is 1.77. The van der Waals surface area contributed by atoms with Crippen LogP contribution in [0, 0.1) is 0 Å². The van der Waals surface area contributed by atoms with Crippen molar-refractivity contribution >= 4 is 38.1 Å². The van der Waals surface area contributed by atoms with E-state index >= 15 is 0 Å². The van der Waals surface area contributed by atoms with Gasteiger partial charge in [-0.05, 0) is 54.8 Å². The van der Waals surface area contributed by atoms with Crippen LogP contribution in [-0.4, -0.2) is 41.7 Å². The molecule has 0 fully saturated rings. The summed E-state index contributed by atoms with van der Waals surface area (Å²) in [7, 11) is -1.30. The number of carbonyl (C=O) groups is 1. The van der Waals surface area contributed by atoms with Gasteiger partial charge in [0.1, 0.15) is 23.8 Å². The van der Waals surface area contributed by atoms with Crippen molar-refractivity contribution in [2.45, 2.75) is 11.8 Å². The molecule has 0 aromatic heterocycles. The molecule has 37 heavy (non-hydrogen) atoms. The smallest absolute Gasteiger partial charge is 0.265 e. The van der Waals surface area contributed by atoms with E-state index in [9.17, 15) is 13.2 Å². The first kappa shape index (κ1) is 25.8. The summed E-state index contributed by atoms with van der Waals surface area (Å²) in [5.41, 5.74) is 0.685. The molecule has 4 aromatic rings. The van der Waals surface area contributed by atoms with Crippen molar-refractivity contribution in [1.29, 1.82) is 0 Å². The van der Waals surface area contributed by atoms with Crippen LogP contribution in [-0.2, 0) is 14.8 Å². The summed E-state index contributed by atoms with van der Waals surface area (Å²) in [6, 6.07) is 23.9. The molecule has 0 unspecified atom stereocenters. The van der Waals surface area contributed by atoms with Gasteiger partial charge in [0.15, 0.2) is 0 Å². The van der Waals surface area contributed by atoms with E-state index in [1.54, 1.807) is 54.6 Å². The molecule has 0 aliphatic heterocycles. The van der Waals surface area contributed by atoms with Gasteiger partial charge in [0, 0.05) is 17.1 Å². The van der Waals surface area contributed by atoms with Crippen LogP contribution in [0.1, 0.15) is 6.92 Å². The summed E-state index contributed by atoms with van der Waals surface area (Å²) in [4.78, 5) is 13.3. The first-order valence-electron chi connectivity index (χ1n) is 11.6. The molecule has 4 aromatic carbocycles. The lowest BCUT2D eigenvalue weighted by atomic mass is 10.1. The van der Waals surface area contributed by atoms with Gasteiger partial charge in [-0.15, -0.1) is 0 Å². The fraction of sp³-hybridized carbons (Fsp3) is 0.179. The number of sulfonamides is 1. The molecule has 1 amide bonds. The predicted molar refractivity (Wildman–Crippen MR) is 144 cm³/mol. The molecule has 0 radical (unpaired) electrons. The lowest BCUT2D eigenvalue weighted by molar-refractivity contribution is -0.114. The molecule has 4 rings (SSSR count). The van der Waals surface area contributed by atoms with Gasteiger partial charge < -0.3 is 19.5 Å². The van der Waals surface area contributed by atoms with E-state index < -0.39 is 22.5 Å². The monoisotopic (exact) mass is 520 g/mol. The molecule has 0 aliphatic rings. The molecular weight excluding hydrogens is 492 g/mol. The highest BCUT2D eigenvalue weighted by Crippen LogP contribution is 2.37. The topological polar surface area (TPSA) is 94.2 Å². The van der Waals surface area contributed by atoms with Gasteiger partial charge in [-0.25, -0.2) is 8.42 Å². The van der Waals surface area contributed by atoms with E-state index in [0.717, 1.165) is 9.69 Å². The van der Waals surface area contributed by atoms with Gasteiger partial charge in [0.05, 0.1) is 31.4 Å². The average Bonchev–Trinajstić information content (AvgIpc) is 2.92. The zero-order chi connectivity index (χ0) is 26.4. The van der Waals surface area contributed by atoms with Gasteiger partial charge in [-0.2, -0.15) is 0 Å². The van der Waals surface area contributed by atoms with E-state index in [1.165, 1.54) is 26.4 Å². The van der Waals surface area contributed by atoms with Crippen molar-refractivity contribution in [3.8, 4) is 17.2 Å². The molecule has 0 saturated heterocycles. The minimum atomic E-state index is -4.22. The Morgan fingerprint density at radius 1 is 0.865 bits per heavy atom. The molecule has 0 aliphatic carbocycles. The highest BCUT2D eigenvalue weighted by Gasteiger charge is 2.31. The van der Waals surface area contributed by atoms with Crippen LogP contribution in [0.5, 0.6) is 17.2 Å². The molecule has 0 atom stereocenters. The summed E-state index contributed by atoms with van der Waals surface area (Å²) in [6.45, 7) is 1.91. The summed E-state index contributed by atoms with van der Waals surface area (Å²) >= 11 is 0. The third-order valence-electron chi connectivity index (χ3n) is 5.71. The molecular formula is C28H28N2O6S. The first-order chi connectivity index (χ1) is 17.9. The fourth-order valence-electron chi connectivity index (χ4n) is 3.96. The van der Waals surface area contributed by atoms with Crippen molar-refractivity contribution in [1.82, 2.24) is 0 Å². The van der Waals surface area contributed by atoms with Gasteiger partial charge in [0.25, 0.3) is 10.0 Å². The van der Waals surface area contributed by atoms with E-state index in [-0.39, 0.29) is 16.3 Å². The number of amides is 1. The maximum absolute atomic E-state index is 14.2. The van der Waals surface area contributed by atoms with Crippen LogP contribution in [0.15, 0.2) is 89.8 Å². The van der Waals surface area contributed by atoms with Gasteiger partial charge >= 0.3 is 0 Å². The highest BCUT2D eigenvalue weighted by molar-refractivity contribution is 7.93. The number of nitrogens with zero attached hydrogens (tertiary/aromatic N) is 1. The van der Waals surface area contributed by atoms with Gasteiger partial charge in [-0.1, -0.05) is 36.4 Å². The predicted octanol–water partition coefficient (Wildman–Crippen LogP) is 5.09. The summed E-state index contributed by atoms with van der Waals surface area (Å²) in [6.07, 6.45) is 0. The minimum Gasteiger partial charge on any atom is -0.497 e. The van der Waals surface area contributed by atoms with Crippen molar-refractivity contribution in [3.05, 3.63) is 84.9 Å². The van der Waals surface area contributed by atoms with Gasteiger partial charge in [-0.3, -0.25) is 9.10 Å². The van der Waals surface area contributed by atoms with Crippen molar-refractivity contribution in [3.63, 3.8) is 0 Å². The van der Waals surface area contributed by atoms with Crippen molar-refractivity contribution < 1.29 is 27.4 Å². The Hall–Kier alpha value is -4.24. The van der Waals surface area contributed by atoms with E-state index in [4.69, 9.17) is 14.2 Å². The standard InChI is InChI=1S/C28H28N2O6S/c1-4-36-22-14-12-21(13-15-22)29-28(31)19-30(25-18-23(34-2)16-17-26(25)35-3)37(32,33)27-11-7-9-20-8-5-6-10-24(20)27/h5-18H,4,19H2,1-3H3,(H,29,31). The van der Waals surface area contributed by atoms with Crippen LogP contribution in [0.2, 0.25) is 0 Å². The average molecular weight is 521 g/mol. The summed E-state index contributed by atoms with van der Waals surface area (Å²) < 4.78 is 45.6. The molecule has 8 nitrogen and oxygen atoms in total. The number of benzene rings is 4. The molecule has 1 N–H and O–H groups in total. The summed E-state index contributed by atoms with van der Waals surface area (Å²) in [5, 5.41) is 4.07. The number of methoxy groups -OCH3 is 2. The molecule has 0 spiro atoms. The second kappa shape index (κ2) is 11.2.